The molecule has 0 aliphatic heterocycles. The van der Waals surface area contributed by atoms with Crippen LogP contribution in [0.5, 0.6) is 0 Å². The van der Waals surface area contributed by atoms with Crippen molar-refractivity contribution < 1.29 is 0 Å². The van der Waals surface area contributed by atoms with Crippen LogP contribution in [0.25, 0.3) is 21.5 Å². The average molecular weight is 234 g/mol. The van der Waals surface area contributed by atoms with Crippen LogP contribution < -0.4 is 11.5 Å². The quantitative estimate of drug-likeness (QED) is 0.356. The topological polar surface area (TPSA) is 52.0 Å². The summed E-state index contributed by atoms with van der Waals surface area (Å²) in [5, 5.41) is 4.87. The zero-order valence-electron chi connectivity index (χ0n) is 10.0. The first-order valence-corrected chi connectivity index (χ1v) is 6.27. The highest BCUT2D eigenvalue weighted by atomic mass is 14.7. The lowest BCUT2D eigenvalue weighted by Gasteiger charge is -2.25. The first-order chi connectivity index (χ1) is 8.75. The van der Waals surface area contributed by atoms with Gasteiger partial charge >= 0.3 is 0 Å². The second kappa shape index (κ2) is 3.16. The van der Waals surface area contributed by atoms with Crippen LogP contribution in [-0.2, 0) is 12.8 Å². The van der Waals surface area contributed by atoms with E-state index < -0.39 is 0 Å². The molecule has 1 aliphatic rings. The molecule has 0 atom stereocenters. The van der Waals surface area contributed by atoms with Gasteiger partial charge in [-0.05, 0) is 52.3 Å². The second-order valence-electron chi connectivity index (χ2n) is 5.03. The predicted molar refractivity (Wildman–Crippen MR) is 77.7 cm³/mol. The largest absolute Gasteiger partial charge is 0.397 e. The minimum Gasteiger partial charge on any atom is -0.397 e. The van der Waals surface area contributed by atoms with Crippen molar-refractivity contribution in [3.8, 4) is 0 Å². The van der Waals surface area contributed by atoms with Gasteiger partial charge in [0, 0.05) is 5.39 Å². The molecule has 2 nitrogen and oxygen atoms in total. The van der Waals surface area contributed by atoms with Gasteiger partial charge in [-0.3, -0.25) is 0 Å². The highest BCUT2D eigenvalue weighted by Gasteiger charge is 2.22. The Kier molecular flexibility index (Phi) is 1.72. The molecule has 4 N–H and O–H groups in total. The van der Waals surface area contributed by atoms with Gasteiger partial charge in [-0.25, -0.2) is 0 Å². The summed E-state index contributed by atoms with van der Waals surface area (Å²) < 4.78 is 0. The summed E-state index contributed by atoms with van der Waals surface area (Å²) in [5.74, 6) is 0. The van der Waals surface area contributed by atoms with Crippen LogP contribution in [0, 0.1) is 0 Å². The van der Waals surface area contributed by atoms with Crippen molar-refractivity contribution in [2.45, 2.75) is 12.8 Å². The van der Waals surface area contributed by atoms with Gasteiger partial charge in [-0.2, -0.15) is 0 Å². The van der Waals surface area contributed by atoms with Crippen molar-refractivity contribution in [3.05, 3.63) is 47.5 Å². The first-order valence-electron chi connectivity index (χ1n) is 6.27. The maximum Gasteiger partial charge on any atom is 0.0630 e. The van der Waals surface area contributed by atoms with E-state index in [0.29, 0.717) is 0 Å². The highest BCUT2D eigenvalue weighted by Crippen LogP contribution is 2.41. The second-order valence-corrected chi connectivity index (χ2v) is 5.03. The van der Waals surface area contributed by atoms with Crippen LogP contribution in [-0.4, -0.2) is 0 Å². The summed E-state index contributed by atoms with van der Waals surface area (Å²) in [5.41, 5.74) is 16.5. The van der Waals surface area contributed by atoms with Crippen LogP contribution in [0.2, 0.25) is 0 Å². The van der Waals surface area contributed by atoms with Gasteiger partial charge in [0.25, 0.3) is 0 Å². The Balaban J connectivity index is 2.25. The molecule has 0 aromatic heterocycles. The van der Waals surface area contributed by atoms with Crippen LogP contribution in [0.15, 0.2) is 36.4 Å². The van der Waals surface area contributed by atoms with Crippen molar-refractivity contribution >= 4 is 32.9 Å². The summed E-state index contributed by atoms with van der Waals surface area (Å²) in [4.78, 5) is 0. The number of nitrogen functional groups attached to an aromatic ring is 2. The van der Waals surface area contributed by atoms with E-state index in [2.05, 4.69) is 36.4 Å². The highest BCUT2D eigenvalue weighted by molar-refractivity contribution is 6.09. The summed E-state index contributed by atoms with van der Waals surface area (Å²) in [7, 11) is 0. The van der Waals surface area contributed by atoms with Gasteiger partial charge in [0.2, 0.25) is 0 Å². The summed E-state index contributed by atoms with van der Waals surface area (Å²) >= 11 is 0. The maximum absolute atomic E-state index is 6.19. The third-order valence-electron chi connectivity index (χ3n) is 4.11. The zero-order chi connectivity index (χ0) is 12.3. The van der Waals surface area contributed by atoms with Crippen molar-refractivity contribution in [2.24, 2.45) is 0 Å². The summed E-state index contributed by atoms with van der Waals surface area (Å²) in [6.07, 6.45) is 2.18. The van der Waals surface area contributed by atoms with E-state index in [1.165, 1.54) is 27.3 Å². The van der Waals surface area contributed by atoms with Crippen LogP contribution in [0.3, 0.4) is 0 Å². The number of hydrogen-bond acceptors (Lipinski definition) is 2. The summed E-state index contributed by atoms with van der Waals surface area (Å²) in [6.45, 7) is 0. The monoisotopic (exact) mass is 234 g/mol. The molecule has 0 bridgehead atoms. The van der Waals surface area contributed by atoms with E-state index in [1.54, 1.807) is 0 Å². The Hall–Kier alpha value is -2.22. The fraction of sp³-hybridized carbons (Fsp3) is 0.125. The molecule has 0 heterocycles. The van der Waals surface area contributed by atoms with Gasteiger partial charge in [0.15, 0.2) is 0 Å². The molecular weight excluding hydrogens is 220 g/mol. The van der Waals surface area contributed by atoms with E-state index in [4.69, 9.17) is 11.5 Å². The van der Waals surface area contributed by atoms with Gasteiger partial charge in [-0.1, -0.05) is 24.3 Å². The van der Waals surface area contributed by atoms with Gasteiger partial charge in [-0.15, -0.1) is 0 Å². The lowest BCUT2D eigenvalue weighted by molar-refractivity contribution is 0.857. The molecule has 0 spiro atoms. The third kappa shape index (κ3) is 1.07. The van der Waals surface area contributed by atoms with Crippen molar-refractivity contribution in [1.82, 2.24) is 0 Å². The van der Waals surface area contributed by atoms with Gasteiger partial charge in [0.1, 0.15) is 0 Å². The molecule has 2 heteroatoms. The van der Waals surface area contributed by atoms with Crippen molar-refractivity contribution in [2.75, 3.05) is 11.5 Å². The molecule has 0 radical (unpaired) electrons. The minimum absolute atomic E-state index is 0.745. The number of rotatable bonds is 0. The summed E-state index contributed by atoms with van der Waals surface area (Å²) in [6, 6.07) is 12.8. The Morgan fingerprint density at radius 2 is 1.33 bits per heavy atom. The lowest BCUT2D eigenvalue weighted by Crippen LogP contribution is -2.14. The number of benzene rings is 3. The molecule has 4 rings (SSSR count). The maximum atomic E-state index is 6.19. The third-order valence-corrected chi connectivity index (χ3v) is 4.11. The number of hydrogen-bond donors (Lipinski definition) is 2. The molecule has 1 aliphatic carbocycles. The fourth-order valence-corrected chi connectivity index (χ4v) is 2.99. The number of nitrogens with two attached hydrogens (primary N) is 2. The fourth-order valence-electron chi connectivity index (χ4n) is 2.99. The lowest BCUT2D eigenvalue weighted by atomic mass is 9.81. The van der Waals surface area contributed by atoms with E-state index in [1.807, 2.05) is 0 Å². The number of aryl methyl sites for hydroxylation is 1. The Morgan fingerprint density at radius 3 is 1.94 bits per heavy atom. The molecule has 3 aromatic rings. The van der Waals surface area contributed by atoms with E-state index >= 15 is 0 Å². The Morgan fingerprint density at radius 1 is 0.722 bits per heavy atom. The standard InChI is InChI=1S/C16H14N2/c17-15-12-6-5-11(12)13-7-9-3-1-2-4-10(9)8-14(13)16(15)18/h1-4,7-8H,5-6,17-18H2. The van der Waals surface area contributed by atoms with Crippen LogP contribution in [0.1, 0.15) is 11.1 Å². The number of anilines is 2. The molecule has 0 amide bonds. The first kappa shape index (κ1) is 9.77. The van der Waals surface area contributed by atoms with E-state index in [-0.39, 0.29) is 0 Å². The Bertz CT molecular complexity index is 749. The average Bonchev–Trinajstić information content (AvgIpc) is 2.34. The van der Waals surface area contributed by atoms with Crippen LogP contribution in [0.4, 0.5) is 11.4 Å². The van der Waals surface area contributed by atoms with E-state index in [0.717, 1.165) is 29.6 Å². The zero-order valence-corrected chi connectivity index (χ0v) is 10.0. The van der Waals surface area contributed by atoms with Crippen molar-refractivity contribution in [1.29, 1.82) is 0 Å². The molecule has 18 heavy (non-hydrogen) atoms. The van der Waals surface area contributed by atoms with Crippen molar-refractivity contribution in [3.63, 3.8) is 0 Å². The number of fused-ring (bicyclic) bond motifs is 4. The molecule has 0 unspecified atom stereocenters. The SMILES string of the molecule is Nc1c2c(c3cc4ccccc4cc3c1N)CC2. The minimum atomic E-state index is 0.745. The smallest absolute Gasteiger partial charge is 0.0630 e. The molecule has 88 valence electrons. The molecule has 0 saturated heterocycles. The van der Waals surface area contributed by atoms with E-state index in [9.17, 15) is 0 Å². The molecular formula is C16H14N2. The normalized spacial score (nSPS) is 13.6. The van der Waals surface area contributed by atoms with Gasteiger partial charge < -0.3 is 11.5 Å². The molecule has 0 fully saturated rings. The van der Waals surface area contributed by atoms with Gasteiger partial charge in [0.05, 0.1) is 11.4 Å². The Labute approximate surface area is 105 Å². The molecule has 0 saturated carbocycles. The molecule has 3 aromatic carbocycles. The van der Waals surface area contributed by atoms with Crippen LogP contribution >= 0.6 is 0 Å². The predicted octanol–water partition coefficient (Wildman–Crippen LogP) is 3.26.